The summed E-state index contributed by atoms with van der Waals surface area (Å²) in [5.41, 5.74) is 2.55. The Morgan fingerprint density at radius 2 is 1.64 bits per heavy atom. The molecule has 1 unspecified atom stereocenters. The highest BCUT2D eigenvalue weighted by Gasteiger charge is 2.29. The summed E-state index contributed by atoms with van der Waals surface area (Å²) in [6.45, 7) is 10.7. The van der Waals surface area contributed by atoms with Gasteiger partial charge in [-0.25, -0.2) is 0 Å². The van der Waals surface area contributed by atoms with Gasteiger partial charge in [0, 0.05) is 11.5 Å². The SMILES string of the molecule is C=CC(C)c1cc(C2CCC(CCCCC)CC2)ccc1OC(=O)C1CCC(CCC)CC1. The summed E-state index contributed by atoms with van der Waals surface area (Å²) in [6, 6.07) is 6.61. The Kier molecular flexibility index (Phi) is 10.5. The average Bonchev–Trinajstić information content (AvgIpc) is 2.85. The molecule has 2 aliphatic rings. The van der Waals surface area contributed by atoms with Gasteiger partial charge in [0.25, 0.3) is 0 Å². The van der Waals surface area contributed by atoms with Crippen LogP contribution in [0.2, 0.25) is 0 Å². The molecule has 0 aromatic heterocycles. The number of ether oxygens (including phenoxy) is 1. The van der Waals surface area contributed by atoms with Crippen LogP contribution in [0.15, 0.2) is 30.9 Å². The van der Waals surface area contributed by atoms with Crippen molar-refractivity contribution in [3.63, 3.8) is 0 Å². The maximum Gasteiger partial charge on any atom is 0.314 e. The molecule has 0 radical (unpaired) electrons. The maximum absolute atomic E-state index is 13.0. The molecule has 0 bridgehead atoms. The van der Waals surface area contributed by atoms with Gasteiger partial charge >= 0.3 is 5.97 Å². The van der Waals surface area contributed by atoms with Crippen LogP contribution in [-0.4, -0.2) is 5.97 Å². The van der Waals surface area contributed by atoms with Crippen LogP contribution in [-0.2, 0) is 4.79 Å². The van der Waals surface area contributed by atoms with Crippen molar-refractivity contribution >= 4 is 5.97 Å². The van der Waals surface area contributed by atoms with Gasteiger partial charge in [-0.2, -0.15) is 0 Å². The van der Waals surface area contributed by atoms with E-state index >= 15 is 0 Å². The highest BCUT2D eigenvalue weighted by molar-refractivity contribution is 5.75. The zero-order valence-corrected chi connectivity index (χ0v) is 21.6. The van der Waals surface area contributed by atoms with E-state index in [-0.39, 0.29) is 17.8 Å². The molecular formula is C31H48O2. The second-order valence-electron chi connectivity index (χ2n) is 11.0. The van der Waals surface area contributed by atoms with Gasteiger partial charge in [-0.05, 0) is 80.8 Å². The number of benzene rings is 1. The summed E-state index contributed by atoms with van der Waals surface area (Å²) in [5.74, 6) is 3.33. The number of allylic oxidation sites excluding steroid dienone is 1. The van der Waals surface area contributed by atoms with Crippen molar-refractivity contribution in [3.05, 3.63) is 42.0 Å². The smallest absolute Gasteiger partial charge is 0.314 e. The molecule has 0 heterocycles. The molecule has 33 heavy (non-hydrogen) atoms. The molecule has 2 nitrogen and oxygen atoms in total. The molecule has 0 amide bonds. The topological polar surface area (TPSA) is 26.3 Å². The molecule has 3 rings (SSSR count). The van der Waals surface area contributed by atoms with Crippen molar-refractivity contribution in [2.75, 3.05) is 0 Å². The van der Waals surface area contributed by atoms with Crippen molar-refractivity contribution in [3.8, 4) is 5.75 Å². The van der Waals surface area contributed by atoms with E-state index in [4.69, 9.17) is 4.74 Å². The molecule has 0 saturated heterocycles. The lowest BCUT2D eigenvalue weighted by Gasteiger charge is -2.30. The first-order valence-electron chi connectivity index (χ1n) is 14.0. The fourth-order valence-electron chi connectivity index (χ4n) is 6.15. The normalized spacial score (nSPS) is 26.5. The van der Waals surface area contributed by atoms with Gasteiger partial charge in [0.15, 0.2) is 0 Å². The zero-order chi connectivity index (χ0) is 23.6. The minimum Gasteiger partial charge on any atom is -0.426 e. The standard InChI is InChI=1S/C31H48O2/c1-5-8-9-11-25-12-16-26(17-13-25)28-20-21-30(29(22-28)23(4)7-3)33-31(32)27-18-14-24(10-6-2)15-19-27/h7,20-27H,3,5-6,8-19H2,1-2,4H3. The zero-order valence-electron chi connectivity index (χ0n) is 21.6. The summed E-state index contributed by atoms with van der Waals surface area (Å²) in [7, 11) is 0. The van der Waals surface area contributed by atoms with Crippen molar-refractivity contribution < 1.29 is 9.53 Å². The van der Waals surface area contributed by atoms with E-state index in [0.717, 1.165) is 36.0 Å². The highest BCUT2D eigenvalue weighted by atomic mass is 16.5. The highest BCUT2D eigenvalue weighted by Crippen LogP contribution is 2.40. The number of unbranched alkanes of at least 4 members (excludes halogenated alkanes) is 2. The van der Waals surface area contributed by atoms with Gasteiger partial charge < -0.3 is 4.74 Å². The fourth-order valence-corrected chi connectivity index (χ4v) is 6.15. The predicted octanol–water partition coefficient (Wildman–Crippen LogP) is 9.34. The molecule has 184 valence electrons. The van der Waals surface area contributed by atoms with Gasteiger partial charge in [0.1, 0.15) is 5.75 Å². The third-order valence-corrected chi connectivity index (χ3v) is 8.50. The van der Waals surface area contributed by atoms with Gasteiger partial charge in [-0.15, -0.1) is 6.58 Å². The van der Waals surface area contributed by atoms with Crippen molar-refractivity contribution in [1.82, 2.24) is 0 Å². The lowest BCUT2D eigenvalue weighted by molar-refractivity contribution is -0.140. The third-order valence-electron chi connectivity index (χ3n) is 8.50. The van der Waals surface area contributed by atoms with Crippen molar-refractivity contribution in [1.29, 1.82) is 0 Å². The van der Waals surface area contributed by atoms with E-state index in [9.17, 15) is 4.79 Å². The maximum atomic E-state index is 13.0. The number of carbonyl (C=O) groups is 1. The van der Waals surface area contributed by atoms with E-state index in [0.29, 0.717) is 5.92 Å². The number of hydrogen-bond acceptors (Lipinski definition) is 2. The van der Waals surface area contributed by atoms with Crippen LogP contribution in [0.1, 0.15) is 134 Å². The first-order chi connectivity index (χ1) is 16.0. The van der Waals surface area contributed by atoms with Crippen LogP contribution in [0.4, 0.5) is 0 Å². The molecule has 2 aliphatic carbocycles. The van der Waals surface area contributed by atoms with Crippen LogP contribution < -0.4 is 4.74 Å². The summed E-state index contributed by atoms with van der Waals surface area (Å²) in [4.78, 5) is 13.0. The summed E-state index contributed by atoms with van der Waals surface area (Å²) < 4.78 is 6.03. The van der Waals surface area contributed by atoms with E-state index in [2.05, 4.69) is 45.5 Å². The van der Waals surface area contributed by atoms with Crippen LogP contribution >= 0.6 is 0 Å². The largest absolute Gasteiger partial charge is 0.426 e. The van der Waals surface area contributed by atoms with E-state index < -0.39 is 0 Å². The summed E-state index contributed by atoms with van der Waals surface area (Å²) >= 11 is 0. The molecular weight excluding hydrogens is 404 g/mol. The second kappa shape index (κ2) is 13.4. The van der Waals surface area contributed by atoms with Crippen LogP contribution in [0, 0.1) is 17.8 Å². The van der Waals surface area contributed by atoms with Crippen LogP contribution in [0.5, 0.6) is 5.75 Å². The third kappa shape index (κ3) is 7.46. The van der Waals surface area contributed by atoms with Crippen LogP contribution in [0.3, 0.4) is 0 Å². The lowest BCUT2D eigenvalue weighted by atomic mass is 9.76. The van der Waals surface area contributed by atoms with E-state index in [1.165, 1.54) is 82.6 Å². The lowest BCUT2D eigenvalue weighted by Crippen LogP contribution is -2.26. The van der Waals surface area contributed by atoms with Crippen molar-refractivity contribution in [2.45, 2.75) is 122 Å². The minimum atomic E-state index is -0.0252. The Labute approximate surface area is 203 Å². The van der Waals surface area contributed by atoms with Gasteiger partial charge in [0.2, 0.25) is 0 Å². The molecule has 0 N–H and O–H groups in total. The molecule has 2 heteroatoms. The van der Waals surface area contributed by atoms with Crippen molar-refractivity contribution in [2.24, 2.45) is 17.8 Å². The second-order valence-corrected chi connectivity index (χ2v) is 11.0. The Balaban J connectivity index is 1.62. The van der Waals surface area contributed by atoms with Gasteiger partial charge in [-0.1, -0.05) is 77.5 Å². The van der Waals surface area contributed by atoms with Crippen LogP contribution in [0.25, 0.3) is 0 Å². The molecule has 0 aliphatic heterocycles. The minimum absolute atomic E-state index is 0.0252. The Bertz CT molecular complexity index is 735. The number of carbonyl (C=O) groups excluding carboxylic acids is 1. The van der Waals surface area contributed by atoms with E-state index in [1.807, 2.05) is 6.08 Å². The molecule has 1 aromatic rings. The molecule has 2 fully saturated rings. The molecule has 2 saturated carbocycles. The van der Waals surface area contributed by atoms with Gasteiger partial charge in [-0.3, -0.25) is 4.79 Å². The first kappa shape index (κ1) is 26.0. The Morgan fingerprint density at radius 1 is 0.970 bits per heavy atom. The molecule has 0 spiro atoms. The summed E-state index contributed by atoms with van der Waals surface area (Å²) in [5, 5.41) is 0. The summed E-state index contributed by atoms with van der Waals surface area (Å²) in [6.07, 6.45) is 19.6. The quantitative estimate of drug-likeness (QED) is 0.145. The average molecular weight is 453 g/mol. The molecule has 1 atom stereocenters. The molecule has 1 aromatic carbocycles. The monoisotopic (exact) mass is 452 g/mol. The number of rotatable bonds is 11. The Morgan fingerprint density at radius 3 is 2.27 bits per heavy atom. The Hall–Kier alpha value is -1.57. The van der Waals surface area contributed by atoms with E-state index in [1.54, 1.807) is 0 Å². The predicted molar refractivity (Wildman–Crippen MR) is 140 cm³/mol. The number of esters is 1. The van der Waals surface area contributed by atoms with Gasteiger partial charge in [0.05, 0.1) is 5.92 Å². The fraction of sp³-hybridized carbons (Fsp3) is 0.710. The first-order valence-corrected chi connectivity index (χ1v) is 14.0. The number of hydrogen-bond donors (Lipinski definition) is 0.